The predicted molar refractivity (Wildman–Crippen MR) is 64.5 cm³/mol. The van der Waals surface area contributed by atoms with E-state index >= 15 is 0 Å². The van der Waals surface area contributed by atoms with Crippen LogP contribution in [-0.2, 0) is 4.74 Å². The molecule has 2 rings (SSSR count). The van der Waals surface area contributed by atoms with Crippen molar-refractivity contribution in [2.24, 2.45) is 11.7 Å². The second-order valence-electron chi connectivity index (χ2n) is 4.33. The van der Waals surface area contributed by atoms with Gasteiger partial charge < -0.3 is 10.5 Å². The van der Waals surface area contributed by atoms with Gasteiger partial charge in [0.15, 0.2) is 0 Å². The van der Waals surface area contributed by atoms with Crippen LogP contribution in [0, 0.1) is 11.7 Å². The van der Waals surface area contributed by atoms with Gasteiger partial charge in [-0.05, 0) is 31.5 Å². The molecule has 1 heterocycles. The molecule has 3 atom stereocenters. The van der Waals surface area contributed by atoms with E-state index < -0.39 is 0 Å². The molecule has 1 aromatic rings. The number of hydrogen-bond donors (Lipinski definition) is 1. The van der Waals surface area contributed by atoms with Crippen LogP contribution in [0.15, 0.2) is 22.7 Å². The van der Waals surface area contributed by atoms with Crippen LogP contribution in [0.25, 0.3) is 0 Å². The zero-order valence-electron chi connectivity index (χ0n) is 9.12. The number of halogens is 2. The zero-order chi connectivity index (χ0) is 11.7. The average Bonchev–Trinajstić information content (AvgIpc) is 2.67. The first-order valence-electron chi connectivity index (χ1n) is 5.40. The van der Waals surface area contributed by atoms with E-state index in [9.17, 15) is 4.39 Å². The normalized spacial score (nSPS) is 27.0. The molecule has 1 fully saturated rings. The molecule has 1 aliphatic heterocycles. The van der Waals surface area contributed by atoms with Gasteiger partial charge in [0, 0.05) is 22.0 Å². The van der Waals surface area contributed by atoms with Crippen molar-refractivity contribution in [1.29, 1.82) is 0 Å². The molecule has 0 aliphatic carbocycles. The maximum Gasteiger partial charge on any atom is 0.128 e. The highest BCUT2D eigenvalue weighted by molar-refractivity contribution is 9.10. The Morgan fingerprint density at radius 1 is 1.56 bits per heavy atom. The van der Waals surface area contributed by atoms with Crippen LogP contribution in [-0.4, -0.2) is 12.7 Å². The Morgan fingerprint density at radius 3 is 2.94 bits per heavy atom. The lowest BCUT2D eigenvalue weighted by Gasteiger charge is -2.19. The summed E-state index contributed by atoms with van der Waals surface area (Å²) < 4.78 is 19.9. The van der Waals surface area contributed by atoms with Gasteiger partial charge >= 0.3 is 0 Å². The molecular weight excluding hydrogens is 273 g/mol. The third-order valence-corrected chi connectivity index (χ3v) is 3.55. The number of rotatable bonds is 2. The molecule has 1 aromatic carbocycles. The molecule has 2 nitrogen and oxygen atoms in total. The fourth-order valence-electron chi connectivity index (χ4n) is 2.12. The first kappa shape index (κ1) is 12.0. The summed E-state index contributed by atoms with van der Waals surface area (Å²) in [5.41, 5.74) is 6.66. The Labute approximate surface area is 103 Å². The summed E-state index contributed by atoms with van der Waals surface area (Å²) in [6, 6.07) is 4.59. The van der Waals surface area contributed by atoms with Crippen LogP contribution in [0.1, 0.15) is 24.9 Å². The molecule has 0 saturated carbocycles. The first-order valence-corrected chi connectivity index (χ1v) is 6.19. The maximum absolute atomic E-state index is 13.6. The predicted octanol–water partition coefficient (Wildman–Crippen LogP) is 3.01. The Hall–Kier alpha value is -0.450. The minimum Gasteiger partial charge on any atom is -0.378 e. The van der Waals surface area contributed by atoms with Gasteiger partial charge in [-0.2, -0.15) is 0 Å². The molecule has 0 bridgehead atoms. The van der Waals surface area contributed by atoms with Gasteiger partial charge in [-0.15, -0.1) is 0 Å². The highest BCUT2D eigenvalue weighted by Crippen LogP contribution is 2.32. The van der Waals surface area contributed by atoms with E-state index in [1.165, 1.54) is 6.07 Å². The number of hydrogen-bond acceptors (Lipinski definition) is 2. The fourth-order valence-corrected chi connectivity index (χ4v) is 2.50. The summed E-state index contributed by atoms with van der Waals surface area (Å²) in [5, 5.41) is 0. The van der Waals surface area contributed by atoms with E-state index in [-0.39, 0.29) is 23.9 Å². The number of benzene rings is 1. The van der Waals surface area contributed by atoms with Gasteiger partial charge in [0.25, 0.3) is 0 Å². The van der Waals surface area contributed by atoms with Crippen LogP contribution in [0.5, 0.6) is 0 Å². The van der Waals surface area contributed by atoms with Gasteiger partial charge in [0.05, 0.1) is 12.7 Å². The van der Waals surface area contributed by atoms with Gasteiger partial charge in [-0.25, -0.2) is 4.39 Å². The van der Waals surface area contributed by atoms with Crippen LogP contribution in [0.3, 0.4) is 0 Å². The van der Waals surface area contributed by atoms with E-state index in [4.69, 9.17) is 10.5 Å². The Bertz CT molecular complexity index is 385. The summed E-state index contributed by atoms with van der Waals surface area (Å²) in [7, 11) is 0. The molecule has 0 amide bonds. The van der Waals surface area contributed by atoms with Gasteiger partial charge in [0.1, 0.15) is 5.82 Å². The Balaban J connectivity index is 2.20. The largest absolute Gasteiger partial charge is 0.378 e. The highest BCUT2D eigenvalue weighted by Gasteiger charge is 2.29. The van der Waals surface area contributed by atoms with Crippen molar-refractivity contribution in [3.63, 3.8) is 0 Å². The van der Waals surface area contributed by atoms with Gasteiger partial charge in [-0.1, -0.05) is 15.9 Å². The third-order valence-electron chi connectivity index (χ3n) is 3.05. The summed E-state index contributed by atoms with van der Waals surface area (Å²) in [5.74, 6) is -0.0333. The lowest BCUT2D eigenvalue weighted by Crippen LogP contribution is -2.22. The summed E-state index contributed by atoms with van der Waals surface area (Å²) in [4.78, 5) is 0. The summed E-state index contributed by atoms with van der Waals surface area (Å²) >= 11 is 3.33. The fraction of sp³-hybridized carbons (Fsp3) is 0.500. The van der Waals surface area contributed by atoms with E-state index in [2.05, 4.69) is 15.9 Å². The molecule has 88 valence electrons. The van der Waals surface area contributed by atoms with E-state index in [1.54, 1.807) is 12.1 Å². The SMILES string of the molecule is CC1CC(C(N)c2cc(Br)ccc2F)CO1. The highest BCUT2D eigenvalue weighted by atomic mass is 79.9. The average molecular weight is 288 g/mol. The molecule has 4 heteroatoms. The third kappa shape index (κ3) is 2.44. The molecule has 1 aliphatic rings. The second kappa shape index (κ2) is 4.82. The lowest BCUT2D eigenvalue weighted by atomic mass is 9.91. The van der Waals surface area contributed by atoms with Crippen molar-refractivity contribution in [2.45, 2.75) is 25.5 Å². The molecular formula is C12H15BrFNO. The Kier molecular flexibility index (Phi) is 3.62. The second-order valence-corrected chi connectivity index (χ2v) is 5.25. The van der Waals surface area contributed by atoms with Crippen molar-refractivity contribution in [2.75, 3.05) is 6.61 Å². The van der Waals surface area contributed by atoms with Crippen molar-refractivity contribution >= 4 is 15.9 Å². The molecule has 0 aromatic heterocycles. The van der Waals surface area contributed by atoms with Crippen molar-refractivity contribution in [1.82, 2.24) is 0 Å². The quantitative estimate of drug-likeness (QED) is 0.908. The van der Waals surface area contributed by atoms with E-state index in [0.717, 1.165) is 10.9 Å². The van der Waals surface area contributed by atoms with Crippen LogP contribution >= 0.6 is 15.9 Å². The molecule has 0 spiro atoms. The van der Waals surface area contributed by atoms with Crippen molar-refractivity contribution < 1.29 is 9.13 Å². The minimum atomic E-state index is -0.289. The van der Waals surface area contributed by atoms with E-state index in [0.29, 0.717) is 12.2 Å². The topological polar surface area (TPSA) is 35.2 Å². The first-order chi connectivity index (χ1) is 7.58. The molecule has 3 unspecified atom stereocenters. The monoisotopic (exact) mass is 287 g/mol. The summed E-state index contributed by atoms with van der Waals surface area (Å²) in [6.45, 7) is 2.64. The molecule has 16 heavy (non-hydrogen) atoms. The van der Waals surface area contributed by atoms with Crippen LogP contribution in [0.2, 0.25) is 0 Å². The van der Waals surface area contributed by atoms with Gasteiger partial charge in [0.2, 0.25) is 0 Å². The standard InChI is InChI=1S/C12H15BrFNO/c1-7-4-8(6-16-7)12(15)10-5-9(13)2-3-11(10)14/h2-3,5,7-8,12H,4,6,15H2,1H3. The maximum atomic E-state index is 13.6. The smallest absolute Gasteiger partial charge is 0.128 e. The molecule has 1 saturated heterocycles. The Morgan fingerprint density at radius 2 is 2.31 bits per heavy atom. The van der Waals surface area contributed by atoms with Crippen LogP contribution < -0.4 is 5.73 Å². The van der Waals surface area contributed by atoms with Gasteiger partial charge in [-0.3, -0.25) is 0 Å². The lowest BCUT2D eigenvalue weighted by molar-refractivity contribution is 0.118. The van der Waals surface area contributed by atoms with Crippen molar-refractivity contribution in [3.05, 3.63) is 34.1 Å². The zero-order valence-corrected chi connectivity index (χ0v) is 10.7. The van der Waals surface area contributed by atoms with E-state index in [1.807, 2.05) is 6.92 Å². The van der Waals surface area contributed by atoms with Crippen molar-refractivity contribution in [3.8, 4) is 0 Å². The minimum absolute atomic E-state index is 0.207. The molecule has 0 radical (unpaired) electrons. The number of ether oxygens (including phenoxy) is 1. The molecule has 2 N–H and O–H groups in total. The number of nitrogens with two attached hydrogens (primary N) is 1. The summed E-state index contributed by atoms with van der Waals surface area (Å²) in [6.07, 6.45) is 1.12. The van der Waals surface area contributed by atoms with Crippen LogP contribution in [0.4, 0.5) is 4.39 Å².